The van der Waals surface area contributed by atoms with Crippen molar-refractivity contribution in [2.75, 3.05) is 19.7 Å². The van der Waals surface area contributed by atoms with E-state index in [9.17, 15) is 4.39 Å². The average molecular weight is 260 g/mol. The predicted octanol–water partition coefficient (Wildman–Crippen LogP) is 2.76. The summed E-state index contributed by atoms with van der Waals surface area (Å²) >= 11 is 0. The van der Waals surface area contributed by atoms with Crippen LogP contribution in [0.4, 0.5) is 4.39 Å². The molecule has 1 N–H and O–H groups in total. The van der Waals surface area contributed by atoms with Gasteiger partial charge in [-0.2, -0.15) is 0 Å². The minimum absolute atomic E-state index is 0. The fraction of sp³-hybridized carbons (Fsp3) is 0.538. The zero-order valence-corrected chi connectivity index (χ0v) is 10.6. The molecule has 0 unspecified atom stereocenters. The Balaban J connectivity index is 0.00000144. The van der Waals surface area contributed by atoms with Crippen LogP contribution in [0.3, 0.4) is 0 Å². The Kier molecular flexibility index (Phi) is 6.48. The Morgan fingerprint density at radius 1 is 1.24 bits per heavy atom. The molecule has 0 atom stereocenters. The van der Waals surface area contributed by atoms with Crippen LogP contribution in [0.15, 0.2) is 24.3 Å². The quantitative estimate of drug-likeness (QED) is 0.898. The van der Waals surface area contributed by atoms with Crippen LogP contribution in [0.25, 0.3) is 0 Å². The molecule has 17 heavy (non-hydrogen) atoms. The van der Waals surface area contributed by atoms with Crippen LogP contribution in [-0.4, -0.2) is 19.7 Å². The minimum atomic E-state index is -0.173. The summed E-state index contributed by atoms with van der Waals surface area (Å²) in [5, 5.41) is 3.32. The monoisotopic (exact) mass is 259 g/mol. The summed E-state index contributed by atoms with van der Waals surface area (Å²) < 4.78 is 18.8. The van der Waals surface area contributed by atoms with Crippen LogP contribution in [0.2, 0.25) is 0 Å². The number of halogens is 2. The SMILES string of the molecule is Cl.Fc1ccccc1COCC1CCNCC1. The first-order chi connectivity index (χ1) is 7.86. The van der Waals surface area contributed by atoms with Gasteiger partial charge in [0.1, 0.15) is 5.82 Å². The molecule has 0 amide bonds. The van der Waals surface area contributed by atoms with Crippen molar-refractivity contribution in [3.63, 3.8) is 0 Å². The number of hydrogen-bond donors (Lipinski definition) is 1. The third kappa shape index (κ3) is 4.62. The minimum Gasteiger partial charge on any atom is -0.376 e. The lowest BCUT2D eigenvalue weighted by Crippen LogP contribution is -2.29. The van der Waals surface area contributed by atoms with Crippen molar-refractivity contribution in [3.05, 3.63) is 35.6 Å². The van der Waals surface area contributed by atoms with Crippen LogP contribution >= 0.6 is 12.4 Å². The van der Waals surface area contributed by atoms with E-state index in [2.05, 4.69) is 5.32 Å². The highest BCUT2D eigenvalue weighted by Crippen LogP contribution is 2.14. The number of hydrogen-bond acceptors (Lipinski definition) is 2. The van der Waals surface area contributed by atoms with Gasteiger partial charge in [0.15, 0.2) is 0 Å². The van der Waals surface area contributed by atoms with Crippen LogP contribution in [0, 0.1) is 11.7 Å². The second-order valence-corrected chi connectivity index (χ2v) is 4.30. The van der Waals surface area contributed by atoms with Gasteiger partial charge in [-0.25, -0.2) is 4.39 Å². The Hall–Kier alpha value is -0.640. The first kappa shape index (κ1) is 14.4. The molecule has 0 spiro atoms. The van der Waals surface area contributed by atoms with E-state index < -0.39 is 0 Å². The largest absolute Gasteiger partial charge is 0.376 e. The predicted molar refractivity (Wildman–Crippen MR) is 68.9 cm³/mol. The lowest BCUT2D eigenvalue weighted by Gasteiger charge is -2.22. The van der Waals surface area contributed by atoms with Crippen molar-refractivity contribution in [2.45, 2.75) is 19.4 Å². The van der Waals surface area contributed by atoms with E-state index in [1.165, 1.54) is 6.07 Å². The summed E-state index contributed by atoms with van der Waals surface area (Å²) in [6.45, 7) is 3.29. The van der Waals surface area contributed by atoms with Gasteiger partial charge in [0, 0.05) is 12.2 Å². The molecule has 0 aliphatic carbocycles. The molecule has 1 aliphatic heterocycles. The maximum absolute atomic E-state index is 13.3. The van der Waals surface area contributed by atoms with E-state index in [0.717, 1.165) is 32.5 Å². The van der Waals surface area contributed by atoms with E-state index >= 15 is 0 Å². The Labute approximate surface area is 108 Å². The van der Waals surface area contributed by atoms with E-state index in [0.29, 0.717) is 18.1 Å². The number of ether oxygens (including phenoxy) is 1. The lowest BCUT2D eigenvalue weighted by molar-refractivity contribution is 0.0747. The number of nitrogens with one attached hydrogen (secondary N) is 1. The molecule has 0 bridgehead atoms. The highest BCUT2D eigenvalue weighted by atomic mass is 35.5. The molecule has 1 aromatic carbocycles. The highest BCUT2D eigenvalue weighted by molar-refractivity contribution is 5.85. The molecular weight excluding hydrogens is 241 g/mol. The van der Waals surface area contributed by atoms with Gasteiger partial charge in [0.05, 0.1) is 6.61 Å². The fourth-order valence-corrected chi connectivity index (χ4v) is 2.00. The summed E-state index contributed by atoms with van der Waals surface area (Å²) in [6.07, 6.45) is 2.33. The molecule has 2 rings (SSSR count). The van der Waals surface area contributed by atoms with Crippen LogP contribution < -0.4 is 5.32 Å². The van der Waals surface area contributed by atoms with Gasteiger partial charge < -0.3 is 10.1 Å². The Morgan fingerprint density at radius 3 is 2.65 bits per heavy atom. The smallest absolute Gasteiger partial charge is 0.128 e. The second-order valence-electron chi connectivity index (χ2n) is 4.30. The van der Waals surface area contributed by atoms with Crippen molar-refractivity contribution < 1.29 is 9.13 Å². The summed E-state index contributed by atoms with van der Waals surface area (Å²) in [4.78, 5) is 0. The molecule has 1 aliphatic rings. The normalized spacial score (nSPS) is 16.5. The van der Waals surface area contributed by atoms with Gasteiger partial charge >= 0.3 is 0 Å². The molecule has 0 saturated carbocycles. The van der Waals surface area contributed by atoms with Crippen molar-refractivity contribution in [1.82, 2.24) is 5.32 Å². The van der Waals surface area contributed by atoms with Gasteiger partial charge in [0.2, 0.25) is 0 Å². The summed E-state index contributed by atoms with van der Waals surface area (Å²) in [5.41, 5.74) is 0.649. The molecule has 1 heterocycles. The fourth-order valence-electron chi connectivity index (χ4n) is 2.00. The van der Waals surface area contributed by atoms with Crippen LogP contribution in [0.5, 0.6) is 0 Å². The summed E-state index contributed by atoms with van der Waals surface area (Å²) in [5.74, 6) is 0.459. The topological polar surface area (TPSA) is 21.3 Å². The zero-order valence-electron chi connectivity index (χ0n) is 9.82. The van der Waals surface area contributed by atoms with Crippen molar-refractivity contribution in [2.24, 2.45) is 5.92 Å². The summed E-state index contributed by atoms with van der Waals surface area (Å²) in [6, 6.07) is 6.79. The number of piperidine rings is 1. The van der Waals surface area contributed by atoms with Gasteiger partial charge in [-0.1, -0.05) is 18.2 Å². The second kappa shape index (κ2) is 7.64. The Morgan fingerprint density at radius 2 is 1.94 bits per heavy atom. The standard InChI is InChI=1S/C13H18FNO.ClH/c14-13-4-2-1-3-12(13)10-16-9-11-5-7-15-8-6-11;/h1-4,11,15H,5-10H2;1H. The maximum atomic E-state index is 13.3. The van der Waals surface area contributed by atoms with E-state index in [1.54, 1.807) is 12.1 Å². The van der Waals surface area contributed by atoms with Crippen molar-refractivity contribution in [1.29, 1.82) is 0 Å². The third-order valence-electron chi connectivity index (χ3n) is 3.03. The zero-order chi connectivity index (χ0) is 11.2. The van der Waals surface area contributed by atoms with Gasteiger partial charge in [-0.15, -0.1) is 12.4 Å². The van der Waals surface area contributed by atoms with Crippen molar-refractivity contribution >= 4 is 12.4 Å². The molecule has 96 valence electrons. The van der Waals surface area contributed by atoms with Gasteiger partial charge in [-0.3, -0.25) is 0 Å². The van der Waals surface area contributed by atoms with Crippen molar-refractivity contribution in [3.8, 4) is 0 Å². The first-order valence-electron chi connectivity index (χ1n) is 5.88. The molecule has 2 nitrogen and oxygen atoms in total. The molecule has 1 fully saturated rings. The van der Waals surface area contributed by atoms with Gasteiger partial charge in [0.25, 0.3) is 0 Å². The number of rotatable bonds is 4. The van der Waals surface area contributed by atoms with Gasteiger partial charge in [-0.05, 0) is 37.9 Å². The van der Waals surface area contributed by atoms with Crippen LogP contribution in [-0.2, 0) is 11.3 Å². The van der Waals surface area contributed by atoms with E-state index in [-0.39, 0.29) is 18.2 Å². The highest BCUT2D eigenvalue weighted by Gasteiger charge is 2.13. The molecule has 0 aromatic heterocycles. The summed E-state index contributed by atoms with van der Waals surface area (Å²) in [7, 11) is 0. The lowest BCUT2D eigenvalue weighted by atomic mass is 9.99. The maximum Gasteiger partial charge on any atom is 0.128 e. The molecule has 4 heteroatoms. The number of benzene rings is 1. The first-order valence-corrected chi connectivity index (χ1v) is 5.88. The molecule has 0 radical (unpaired) electrons. The van der Waals surface area contributed by atoms with Crippen LogP contribution in [0.1, 0.15) is 18.4 Å². The Bertz CT molecular complexity index is 329. The molecular formula is C13H19ClFNO. The van der Waals surface area contributed by atoms with E-state index in [1.807, 2.05) is 6.07 Å². The average Bonchev–Trinajstić information content (AvgIpc) is 2.33. The molecule has 1 aromatic rings. The third-order valence-corrected chi connectivity index (χ3v) is 3.03. The van der Waals surface area contributed by atoms with E-state index in [4.69, 9.17) is 4.74 Å². The molecule has 1 saturated heterocycles.